The molecule has 0 unspecified atom stereocenters. The van der Waals surface area contributed by atoms with Crippen molar-refractivity contribution < 1.29 is 4.42 Å². The zero-order valence-corrected chi connectivity index (χ0v) is 30.2. The van der Waals surface area contributed by atoms with Gasteiger partial charge in [-0.3, -0.25) is 0 Å². The minimum absolute atomic E-state index is 0.628. The first kappa shape index (κ1) is 31.9. The van der Waals surface area contributed by atoms with Crippen LogP contribution in [0.25, 0.3) is 106 Å². The predicted octanol–water partition coefficient (Wildman–Crippen LogP) is 13.2. The Morgan fingerprint density at radius 2 is 0.786 bits per heavy atom. The number of fused-ring (bicyclic) bond motifs is 6. The van der Waals surface area contributed by atoms with Crippen LogP contribution >= 0.6 is 0 Å². The Hall–Kier alpha value is -7.63. The molecular formula is C51H32N4O. The SMILES string of the molecule is c1ccc(-c2ccc(-c3nc(-c4ccccc4)nc(-c4ccc(-c5ccc6c7ccccc7n(-c7cccc8oc9ccccc9c78)c6c5)cc4)n3)cc2)cc1. The highest BCUT2D eigenvalue weighted by Gasteiger charge is 2.19. The predicted molar refractivity (Wildman–Crippen MR) is 229 cm³/mol. The summed E-state index contributed by atoms with van der Waals surface area (Å²) in [5.74, 6) is 1.90. The van der Waals surface area contributed by atoms with E-state index in [2.05, 4.69) is 150 Å². The van der Waals surface area contributed by atoms with Gasteiger partial charge in [0.15, 0.2) is 17.5 Å². The third-order valence-electron chi connectivity index (χ3n) is 10.7. The van der Waals surface area contributed by atoms with Crippen LogP contribution in [0.15, 0.2) is 199 Å². The number of hydrogen-bond donors (Lipinski definition) is 0. The van der Waals surface area contributed by atoms with Crippen molar-refractivity contribution in [3.8, 4) is 62.1 Å². The second-order valence-electron chi connectivity index (χ2n) is 14.0. The summed E-state index contributed by atoms with van der Waals surface area (Å²) in [7, 11) is 0. The number of rotatable bonds is 6. The summed E-state index contributed by atoms with van der Waals surface area (Å²) in [6, 6.07) is 67.5. The number of hydrogen-bond acceptors (Lipinski definition) is 4. The first-order chi connectivity index (χ1) is 27.7. The molecule has 3 aromatic heterocycles. The molecule has 0 bridgehead atoms. The largest absolute Gasteiger partial charge is 0.456 e. The van der Waals surface area contributed by atoms with Crippen LogP contribution in [0, 0.1) is 0 Å². The summed E-state index contributed by atoms with van der Waals surface area (Å²) in [6.07, 6.45) is 0. The second kappa shape index (κ2) is 13.0. The number of nitrogens with zero attached hydrogens (tertiary/aromatic N) is 4. The molecular weight excluding hydrogens is 685 g/mol. The minimum Gasteiger partial charge on any atom is -0.456 e. The fourth-order valence-corrected chi connectivity index (χ4v) is 7.96. The number of aromatic nitrogens is 4. The van der Waals surface area contributed by atoms with E-state index < -0.39 is 0 Å². The Bertz CT molecular complexity index is 3220. The van der Waals surface area contributed by atoms with Crippen molar-refractivity contribution >= 4 is 43.7 Å². The molecule has 0 fully saturated rings. The van der Waals surface area contributed by atoms with Crippen molar-refractivity contribution in [3.63, 3.8) is 0 Å². The molecule has 262 valence electrons. The zero-order chi connectivity index (χ0) is 37.0. The molecule has 0 N–H and O–H groups in total. The Balaban J connectivity index is 1.01. The van der Waals surface area contributed by atoms with Crippen LogP contribution in [0.5, 0.6) is 0 Å². The summed E-state index contributed by atoms with van der Waals surface area (Å²) in [5, 5.41) is 4.63. The lowest BCUT2D eigenvalue weighted by Crippen LogP contribution is -2.00. The van der Waals surface area contributed by atoms with Gasteiger partial charge in [-0.25, -0.2) is 15.0 Å². The quantitative estimate of drug-likeness (QED) is 0.172. The van der Waals surface area contributed by atoms with Gasteiger partial charge in [0.05, 0.1) is 22.1 Å². The number of para-hydroxylation sites is 2. The third kappa shape index (κ3) is 5.37. The van der Waals surface area contributed by atoms with E-state index in [-0.39, 0.29) is 0 Å². The summed E-state index contributed by atoms with van der Waals surface area (Å²) in [5.41, 5.74) is 12.5. The number of furan rings is 1. The molecule has 8 aromatic carbocycles. The standard InChI is InChI=1S/C51H32N4O/c1-3-12-33(13-4-1)34-22-26-37(27-23-34)50-52-49(36-14-5-2-6-15-36)53-51(54-50)38-28-24-35(25-29-38)39-30-31-41-40-16-7-9-18-43(40)55(45(41)32-39)44-19-11-21-47-48(44)42-17-8-10-20-46(42)56-47/h1-32H. The van der Waals surface area contributed by atoms with Gasteiger partial charge in [-0.05, 0) is 52.6 Å². The van der Waals surface area contributed by atoms with Crippen molar-refractivity contribution in [2.24, 2.45) is 0 Å². The van der Waals surface area contributed by atoms with Gasteiger partial charge >= 0.3 is 0 Å². The molecule has 0 aliphatic heterocycles. The molecule has 0 saturated heterocycles. The molecule has 5 heteroatoms. The summed E-state index contributed by atoms with van der Waals surface area (Å²) in [4.78, 5) is 15.0. The molecule has 0 spiro atoms. The first-order valence-corrected chi connectivity index (χ1v) is 18.8. The Morgan fingerprint density at radius 3 is 1.46 bits per heavy atom. The van der Waals surface area contributed by atoms with Gasteiger partial charge in [0.1, 0.15) is 11.2 Å². The molecule has 0 aliphatic rings. The van der Waals surface area contributed by atoms with E-state index in [0.29, 0.717) is 17.5 Å². The molecule has 56 heavy (non-hydrogen) atoms. The lowest BCUT2D eigenvalue weighted by Gasteiger charge is -2.11. The molecule has 0 aliphatic carbocycles. The highest BCUT2D eigenvalue weighted by molar-refractivity contribution is 6.14. The average molecular weight is 717 g/mol. The molecule has 0 saturated carbocycles. The monoisotopic (exact) mass is 716 g/mol. The van der Waals surface area contributed by atoms with Gasteiger partial charge in [-0.2, -0.15) is 0 Å². The van der Waals surface area contributed by atoms with E-state index in [9.17, 15) is 0 Å². The van der Waals surface area contributed by atoms with Gasteiger partial charge < -0.3 is 8.98 Å². The van der Waals surface area contributed by atoms with E-state index in [1.165, 1.54) is 16.3 Å². The minimum atomic E-state index is 0.628. The maximum absolute atomic E-state index is 6.31. The van der Waals surface area contributed by atoms with Crippen LogP contribution in [0.3, 0.4) is 0 Å². The van der Waals surface area contributed by atoms with Crippen molar-refractivity contribution in [3.05, 3.63) is 194 Å². The summed E-state index contributed by atoms with van der Waals surface area (Å²) < 4.78 is 8.70. The Labute approximate surface area is 322 Å². The van der Waals surface area contributed by atoms with Crippen LogP contribution in [-0.2, 0) is 0 Å². The van der Waals surface area contributed by atoms with Gasteiger partial charge in [-0.15, -0.1) is 0 Å². The number of benzene rings is 8. The molecule has 11 aromatic rings. The first-order valence-electron chi connectivity index (χ1n) is 18.8. The van der Waals surface area contributed by atoms with Gasteiger partial charge in [0.25, 0.3) is 0 Å². The van der Waals surface area contributed by atoms with Gasteiger partial charge in [0, 0.05) is 32.8 Å². The van der Waals surface area contributed by atoms with Gasteiger partial charge in [0.2, 0.25) is 0 Å². The molecule has 0 amide bonds. The van der Waals surface area contributed by atoms with Crippen LogP contribution in [0.1, 0.15) is 0 Å². The molecule has 0 atom stereocenters. The van der Waals surface area contributed by atoms with Crippen LogP contribution in [0.2, 0.25) is 0 Å². The second-order valence-corrected chi connectivity index (χ2v) is 14.0. The normalized spacial score (nSPS) is 11.6. The van der Waals surface area contributed by atoms with Crippen molar-refractivity contribution in [2.75, 3.05) is 0 Å². The lowest BCUT2D eigenvalue weighted by molar-refractivity contribution is 0.669. The Kier molecular flexibility index (Phi) is 7.42. The van der Waals surface area contributed by atoms with E-state index in [1.807, 2.05) is 48.5 Å². The highest BCUT2D eigenvalue weighted by Crippen LogP contribution is 2.40. The van der Waals surface area contributed by atoms with Crippen molar-refractivity contribution in [1.82, 2.24) is 19.5 Å². The van der Waals surface area contributed by atoms with Crippen LogP contribution in [0.4, 0.5) is 0 Å². The van der Waals surface area contributed by atoms with E-state index in [4.69, 9.17) is 19.4 Å². The fraction of sp³-hybridized carbons (Fsp3) is 0. The molecule has 3 heterocycles. The summed E-state index contributed by atoms with van der Waals surface area (Å²) in [6.45, 7) is 0. The topological polar surface area (TPSA) is 56.7 Å². The highest BCUT2D eigenvalue weighted by atomic mass is 16.3. The van der Waals surface area contributed by atoms with Crippen molar-refractivity contribution in [2.45, 2.75) is 0 Å². The Morgan fingerprint density at radius 1 is 0.321 bits per heavy atom. The smallest absolute Gasteiger partial charge is 0.164 e. The van der Waals surface area contributed by atoms with Gasteiger partial charge in [-0.1, -0.05) is 164 Å². The van der Waals surface area contributed by atoms with Crippen LogP contribution in [-0.4, -0.2) is 19.5 Å². The fourth-order valence-electron chi connectivity index (χ4n) is 7.96. The summed E-state index contributed by atoms with van der Waals surface area (Å²) >= 11 is 0. The van der Waals surface area contributed by atoms with Crippen LogP contribution < -0.4 is 0 Å². The average Bonchev–Trinajstić information content (AvgIpc) is 3.83. The lowest BCUT2D eigenvalue weighted by atomic mass is 10.0. The molecule has 11 rings (SSSR count). The van der Waals surface area contributed by atoms with E-state index in [1.54, 1.807) is 0 Å². The maximum Gasteiger partial charge on any atom is 0.164 e. The van der Waals surface area contributed by atoms with Crippen molar-refractivity contribution in [1.29, 1.82) is 0 Å². The third-order valence-corrected chi connectivity index (χ3v) is 10.7. The zero-order valence-electron chi connectivity index (χ0n) is 30.2. The molecule has 0 radical (unpaired) electrons. The van der Waals surface area contributed by atoms with E-state index >= 15 is 0 Å². The van der Waals surface area contributed by atoms with E-state index in [0.717, 1.165) is 72.0 Å². The molecule has 5 nitrogen and oxygen atoms in total. The maximum atomic E-state index is 6.31.